The van der Waals surface area contributed by atoms with Crippen molar-refractivity contribution in [1.29, 1.82) is 0 Å². The van der Waals surface area contributed by atoms with E-state index in [-0.39, 0.29) is 17.2 Å². The lowest BCUT2D eigenvalue weighted by Gasteiger charge is -2.16. The number of nitro benzene ring substituents is 1. The van der Waals surface area contributed by atoms with Gasteiger partial charge in [0.2, 0.25) is 10.0 Å². The predicted octanol–water partition coefficient (Wildman–Crippen LogP) is 2.61. The fourth-order valence-electron chi connectivity index (χ4n) is 1.98. The highest BCUT2D eigenvalue weighted by atomic mass is 35.5. The second kappa shape index (κ2) is 8.26. The van der Waals surface area contributed by atoms with Gasteiger partial charge in [-0.1, -0.05) is 11.6 Å². The van der Waals surface area contributed by atoms with Crippen molar-refractivity contribution in [3.63, 3.8) is 0 Å². The number of hydrogen-bond donors (Lipinski definition) is 0. The van der Waals surface area contributed by atoms with Crippen LogP contribution in [0.4, 0.5) is 5.69 Å². The summed E-state index contributed by atoms with van der Waals surface area (Å²) in [5.74, 6) is -0.747. The summed E-state index contributed by atoms with van der Waals surface area (Å²) >= 11 is 5.73. The molecule has 0 radical (unpaired) electrons. The van der Waals surface area contributed by atoms with E-state index in [0.717, 1.165) is 4.31 Å². The van der Waals surface area contributed by atoms with E-state index in [1.807, 2.05) is 0 Å². The molecule has 0 aliphatic carbocycles. The van der Waals surface area contributed by atoms with Crippen molar-refractivity contribution in [2.75, 3.05) is 13.6 Å². The second-order valence-electron chi connectivity index (χ2n) is 5.30. The summed E-state index contributed by atoms with van der Waals surface area (Å²) in [6.07, 6.45) is 0. The normalized spacial score (nSPS) is 11.3. The Morgan fingerprint density at radius 2 is 1.73 bits per heavy atom. The quantitative estimate of drug-likeness (QED) is 0.403. The van der Waals surface area contributed by atoms with Crippen LogP contribution in [0.3, 0.4) is 0 Å². The number of carbonyl (C=O) groups is 1. The minimum absolute atomic E-state index is 0.00701. The van der Waals surface area contributed by atoms with Crippen molar-refractivity contribution in [3.8, 4) is 0 Å². The third kappa shape index (κ3) is 5.01. The average molecular weight is 399 g/mol. The van der Waals surface area contributed by atoms with Crippen molar-refractivity contribution in [2.45, 2.75) is 11.5 Å². The molecule has 0 aliphatic rings. The number of carbonyl (C=O) groups excluding carboxylic acids is 1. The van der Waals surface area contributed by atoms with Gasteiger partial charge < -0.3 is 4.74 Å². The van der Waals surface area contributed by atoms with E-state index in [0.29, 0.717) is 10.6 Å². The van der Waals surface area contributed by atoms with E-state index in [4.69, 9.17) is 16.3 Å². The highest BCUT2D eigenvalue weighted by molar-refractivity contribution is 7.89. The summed E-state index contributed by atoms with van der Waals surface area (Å²) in [4.78, 5) is 21.9. The fraction of sp³-hybridized carbons (Fsp3) is 0.188. The number of nitrogens with zero attached hydrogens (tertiary/aromatic N) is 2. The van der Waals surface area contributed by atoms with Gasteiger partial charge in [0, 0.05) is 24.2 Å². The minimum Gasteiger partial charge on any atom is -0.460 e. The molecule has 2 aromatic rings. The molecule has 0 N–H and O–H groups in total. The van der Waals surface area contributed by atoms with Gasteiger partial charge in [-0.15, -0.1) is 0 Å². The highest BCUT2D eigenvalue weighted by Gasteiger charge is 2.23. The SMILES string of the molecule is CN(CC(=O)OCc1ccc([N+](=O)[O-])cc1)S(=O)(=O)c1ccc(Cl)cc1. The van der Waals surface area contributed by atoms with Crippen molar-refractivity contribution >= 4 is 33.3 Å². The maximum Gasteiger partial charge on any atom is 0.321 e. The van der Waals surface area contributed by atoms with Gasteiger partial charge in [-0.25, -0.2) is 8.42 Å². The van der Waals surface area contributed by atoms with E-state index < -0.39 is 27.5 Å². The molecule has 0 saturated carbocycles. The van der Waals surface area contributed by atoms with Gasteiger partial charge in [0.15, 0.2) is 0 Å². The standard InChI is InChI=1S/C16H15ClN2O6S/c1-18(26(23,24)15-8-4-13(17)5-9-15)10-16(20)25-11-12-2-6-14(7-3-12)19(21)22/h2-9H,10-11H2,1H3. The first kappa shape index (κ1) is 19.8. The van der Waals surface area contributed by atoms with Crippen LogP contribution in [0.15, 0.2) is 53.4 Å². The molecule has 0 aromatic heterocycles. The number of likely N-dealkylation sites (N-methyl/N-ethyl adjacent to an activating group) is 1. The van der Waals surface area contributed by atoms with Crippen LogP contribution in [0, 0.1) is 10.1 Å². The highest BCUT2D eigenvalue weighted by Crippen LogP contribution is 2.17. The predicted molar refractivity (Wildman–Crippen MR) is 94.2 cm³/mol. The monoisotopic (exact) mass is 398 g/mol. The summed E-state index contributed by atoms with van der Waals surface area (Å²) in [6, 6.07) is 11.1. The van der Waals surface area contributed by atoms with Crippen molar-refractivity contribution in [2.24, 2.45) is 0 Å². The average Bonchev–Trinajstić information content (AvgIpc) is 2.60. The topological polar surface area (TPSA) is 107 Å². The maximum atomic E-state index is 12.4. The summed E-state index contributed by atoms with van der Waals surface area (Å²) < 4.78 is 30.6. The maximum absolute atomic E-state index is 12.4. The molecule has 10 heteroatoms. The molecule has 0 saturated heterocycles. The van der Waals surface area contributed by atoms with Gasteiger partial charge in [0.25, 0.3) is 5.69 Å². The van der Waals surface area contributed by atoms with Crippen molar-refractivity contribution in [3.05, 3.63) is 69.2 Å². The van der Waals surface area contributed by atoms with Crippen LogP contribution in [0.25, 0.3) is 0 Å². The van der Waals surface area contributed by atoms with E-state index in [2.05, 4.69) is 0 Å². The molecule has 0 heterocycles. The smallest absolute Gasteiger partial charge is 0.321 e. The largest absolute Gasteiger partial charge is 0.460 e. The Labute approximate surface area is 155 Å². The summed E-state index contributed by atoms with van der Waals surface area (Å²) in [5, 5.41) is 11.0. The number of benzene rings is 2. The molecule has 26 heavy (non-hydrogen) atoms. The number of rotatable bonds is 7. The molecule has 2 rings (SSSR count). The number of halogens is 1. The number of non-ortho nitro benzene ring substituents is 1. The van der Waals surface area contributed by atoms with E-state index in [1.165, 1.54) is 55.6 Å². The van der Waals surface area contributed by atoms with Gasteiger partial charge >= 0.3 is 5.97 Å². The van der Waals surface area contributed by atoms with E-state index in [1.54, 1.807) is 0 Å². The van der Waals surface area contributed by atoms with E-state index in [9.17, 15) is 23.3 Å². The number of nitro groups is 1. The van der Waals surface area contributed by atoms with Gasteiger partial charge in [-0.3, -0.25) is 14.9 Å². The molecule has 8 nitrogen and oxygen atoms in total. The summed E-state index contributed by atoms with van der Waals surface area (Å²) in [6.45, 7) is -0.594. The molecule has 0 aliphatic heterocycles. The molecule has 0 bridgehead atoms. The third-order valence-electron chi connectivity index (χ3n) is 3.42. The van der Waals surface area contributed by atoms with Crippen molar-refractivity contribution in [1.82, 2.24) is 4.31 Å². The number of sulfonamides is 1. The van der Waals surface area contributed by atoms with Crippen LogP contribution in [0.1, 0.15) is 5.56 Å². The lowest BCUT2D eigenvalue weighted by molar-refractivity contribution is -0.384. The van der Waals surface area contributed by atoms with Gasteiger partial charge in [0.1, 0.15) is 13.2 Å². The molecular weight excluding hydrogens is 384 g/mol. The van der Waals surface area contributed by atoms with Crippen LogP contribution < -0.4 is 0 Å². The van der Waals surface area contributed by atoms with Crippen LogP contribution in [0.2, 0.25) is 5.02 Å². The molecule has 2 aromatic carbocycles. The zero-order chi connectivity index (χ0) is 19.3. The molecule has 0 fully saturated rings. The Morgan fingerprint density at radius 3 is 2.27 bits per heavy atom. The molecular formula is C16H15ClN2O6S. The van der Waals surface area contributed by atoms with Gasteiger partial charge in [0.05, 0.1) is 9.82 Å². The number of esters is 1. The summed E-state index contributed by atoms with van der Waals surface area (Å²) in [7, 11) is -2.59. The van der Waals surface area contributed by atoms with E-state index >= 15 is 0 Å². The lowest BCUT2D eigenvalue weighted by atomic mass is 10.2. The zero-order valence-corrected chi connectivity index (χ0v) is 15.2. The molecule has 0 amide bonds. The van der Waals surface area contributed by atoms with Crippen LogP contribution >= 0.6 is 11.6 Å². The minimum atomic E-state index is -3.85. The first-order valence-corrected chi connectivity index (χ1v) is 9.13. The Morgan fingerprint density at radius 1 is 1.15 bits per heavy atom. The number of ether oxygens (including phenoxy) is 1. The van der Waals surface area contributed by atoms with Crippen LogP contribution in [-0.4, -0.2) is 37.2 Å². The zero-order valence-electron chi connectivity index (χ0n) is 13.7. The molecule has 0 atom stereocenters. The Bertz CT molecular complexity index is 897. The Kier molecular flexibility index (Phi) is 6.30. The van der Waals surface area contributed by atoms with Crippen LogP contribution in [0.5, 0.6) is 0 Å². The number of hydrogen-bond acceptors (Lipinski definition) is 6. The Balaban J connectivity index is 1.94. The Hall–Kier alpha value is -2.49. The van der Waals surface area contributed by atoms with Crippen molar-refractivity contribution < 1.29 is 22.9 Å². The van der Waals surface area contributed by atoms with Crippen LogP contribution in [-0.2, 0) is 26.2 Å². The molecule has 138 valence electrons. The van der Waals surface area contributed by atoms with Gasteiger partial charge in [-0.2, -0.15) is 4.31 Å². The first-order valence-electron chi connectivity index (χ1n) is 7.31. The third-order valence-corrected chi connectivity index (χ3v) is 5.49. The first-order chi connectivity index (χ1) is 12.2. The second-order valence-corrected chi connectivity index (χ2v) is 7.78. The lowest BCUT2D eigenvalue weighted by Crippen LogP contribution is -2.33. The molecule has 0 unspecified atom stereocenters. The summed E-state index contributed by atoms with van der Waals surface area (Å²) in [5.41, 5.74) is 0.473. The fourth-order valence-corrected chi connectivity index (χ4v) is 3.22. The van der Waals surface area contributed by atoms with Gasteiger partial charge in [-0.05, 0) is 42.0 Å². The molecule has 0 spiro atoms.